The van der Waals surface area contributed by atoms with E-state index in [2.05, 4.69) is 6.92 Å². The van der Waals surface area contributed by atoms with Crippen LogP contribution in [0.1, 0.15) is 58.3 Å². The fourth-order valence-electron chi connectivity index (χ4n) is 1.25. The van der Waals surface area contributed by atoms with Gasteiger partial charge < -0.3 is 5.11 Å². The van der Waals surface area contributed by atoms with E-state index in [1.54, 1.807) is 0 Å². The van der Waals surface area contributed by atoms with Gasteiger partial charge in [0.2, 0.25) is 0 Å². The van der Waals surface area contributed by atoms with Crippen LogP contribution >= 0.6 is 16.5 Å². The first kappa shape index (κ1) is 24.0. The van der Waals surface area contributed by atoms with E-state index in [9.17, 15) is 0 Å². The van der Waals surface area contributed by atoms with Crippen molar-refractivity contribution in [2.75, 3.05) is 6.61 Å². The fraction of sp³-hybridized carbons (Fsp3) is 1.00. The summed E-state index contributed by atoms with van der Waals surface area (Å²) in [6.07, 6.45) is 10.4. The van der Waals surface area contributed by atoms with E-state index in [1.165, 1.54) is 44.9 Å². The Morgan fingerprint density at radius 2 is 0.947 bits per heavy atom. The number of aliphatic hydroxyl groups excluding tert-OH is 1. The lowest BCUT2D eigenvalue weighted by Gasteiger charge is -1.98. The first-order valence-corrected chi connectivity index (χ1v) is 8.52. The van der Waals surface area contributed by atoms with Gasteiger partial charge in [-0.05, 0) is 6.42 Å². The van der Waals surface area contributed by atoms with Crippen LogP contribution in [-0.4, -0.2) is 31.3 Å². The zero-order valence-corrected chi connectivity index (χ0v) is 13.1. The van der Waals surface area contributed by atoms with Crippen LogP contribution in [0.5, 0.6) is 0 Å². The Hall–Kier alpha value is -0.0000000000000000416. The second-order valence-electron chi connectivity index (χ2n) is 3.70. The number of hydrogen-bond donors (Lipinski definition) is 5. The van der Waals surface area contributed by atoms with Crippen molar-refractivity contribution in [2.45, 2.75) is 58.3 Å². The van der Waals surface area contributed by atoms with Crippen molar-refractivity contribution < 1.29 is 33.8 Å². The SMILES string of the molecule is CCCCCCCCCCO.O=[P+](O)O.O=[P+](O)O. The van der Waals surface area contributed by atoms with Crippen LogP contribution in [0.4, 0.5) is 0 Å². The third kappa shape index (κ3) is 72.0. The normalized spacial score (nSPS) is 8.74. The molecular formula is C10H26O7P2+2. The molecule has 0 aromatic heterocycles. The Labute approximate surface area is 116 Å². The molecule has 0 aliphatic rings. The summed E-state index contributed by atoms with van der Waals surface area (Å²) in [5.41, 5.74) is 0. The molecule has 0 amide bonds. The van der Waals surface area contributed by atoms with Crippen LogP contribution in [0.3, 0.4) is 0 Å². The molecule has 0 unspecified atom stereocenters. The van der Waals surface area contributed by atoms with Gasteiger partial charge in [-0.25, -0.2) is 0 Å². The van der Waals surface area contributed by atoms with Gasteiger partial charge in [0.1, 0.15) is 0 Å². The molecule has 0 aromatic carbocycles. The van der Waals surface area contributed by atoms with Crippen molar-refractivity contribution in [3.63, 3.8) is 0 Å². The first-order valence-electron chi connectivity index (χ1n) is 6.19. The second-order valence-corrected chi connectivity index (χ2v) is 4.71. The quantitative estimate of drug-likeness (QED) is 0.342. The molecule has 0 atom stereocenters. The van der Waals surface area contributed by atoms with Gasteiger partial charge >= 0.3 is 16.5 Å². The van der Waals surface area contributed by atoms with E-state index < -0.39 is 16.5 Å². The highest BCUT2D eigenvalue weighted by Gasteiger charge is 1.93. The van der Waals surface area contributed by atoms with Crippen LogP contribution in [0.2, 0.25) is 0 Å². The Morgan fingerprint density at radius 1 is 0.684 bits per heavy atom. The van der Waals surface area contributed by atoms with Crippen molar-refractivity contribution in [1.29, 1.82) is 0 Å². The highest BCUT2D eigenvalue weighted by Crippen LogP contribution is 2.07. The van der Waals surface area contributed by atoms with Crippen molar-refractivity contribution in [3.8, 4) is 0 Å². The monoisotopic (exact) mass is 320 g/mol. The summed E-state index contributed by atoms with van der Waals surface area (Å²) in [7, 11) is -5.74. The molecule has 0 saturated carbocycles. The summed E-state index contributed by atoms with van der Waals surface area (Å²) in [5.74, 6) is 0. The Kier molecular flexibility index (Phi) is 29.3. The molecule has 19 heavy (non-hydrogen) atoms. The molecule has 0 saturated heterocycles. The van der Waals surface area contributed by atoms with Crippen LogP contribution in [0, 0.1) is 0 Å². The van der Waals surface area contributed by atoms with Crippen molar-refractivity contribution in [1.82, 2.24) is 0 Å². The van der Waals surface area contributed by atoms with E-state index in [4.69, 9.17) is 33.8 Å². The zero-order chi connectivity index (χ0) is 15.5. The maximum absolute atomic E-state index is 8.70. The molecule has 0 heterocycles. The number of rotatable bonds is 8. The van der Waals surface area contributed by atoms with E-state index in [1.807, 2.05) is 0 Å². The van der Waals surface area contributed by atoms with Gasteiger partial charge in [0.15, 0.2) is 0 Å². The lowest BCUT2D eigenvalue weighted by molar-refractivity contribution is 0.282. The van der Waals surface area contributed by atoms with Crippen LogP contribution in [0.25, 0.3) is 0 Å². The molecule has 0 radical (unpaired) electrons. The van der Waals surface area contributed by atoms with Gasteiger partial charge in [0, 0.05) is 15.7 Å². The van der Waals surface area contributed by atoms with Gasteiger partial charge in [-0.15, -0.1) is 19.6 Å². The molecule has 0 fully saturated rings. The maximum Gasteiger partial charge on any atom is 0.692 e. The largest absolute Gasteiger partial charge is 0.692 e. The van der Waals surface area contributed by atoms with Gasteiger partial charge in [0.05, 0.1) is 0 Å². The molecule has 0 aliphatic carbocycles. The molecule has 7 nitrogen and oxygen atoms in total. The lowest BCUT2D eigenvalue weighted by atomic mass is 10.1. The summed E-state index contributed by atoms with van der Waals surface area (Å²) < 4.78 is 17.4. The summed E-state index contributed by atoms with van der Waals surface area (Å²) >= 11 is 0. The van der Waals surface area contributed by atoms with Gasteiger partial charge in [-0.1, -0.05) is 51.9 Å². The zero-order valence-electron chi connectivity index (χ0n) is 11.3. The molecular weight excluding hydrogens is 294 g/mol. The molecule has 0 spiro atoms. The minimum Gasteiger partial charge on any atom is -0.396 e. The molecule has 0 aliphatic heterocycles. The third-order valence-corrected chi connectivity index (χ3v) is 2.01. The van der Waals surface area contributed by atoms with E-state index in [-0.39, 0.29) is 0 Å². The average Bonchev–Trinajstić information content (AvgIpc) is 2.26. The maximum atomic E-state index is 8.70. The van der Waals surface area contributed by atoms with Crippen molar-refractivity contribution >= 4 is 16.5 Å². The van der Waals surface area contributed by atoms with Crippen LogP contribution in [0.15, 0.2) is 0 Å². The number of unbranched alkanes of at least 4 members (excludes halogenated alkanes) is 7. The molecule has 116 valence electrons. The van der Waals surface area contributed by atoms with Crippen molar-refractivity contribution in [2.24, 2.45) is 0 Å². The number of hydrogen-bond acceptors (Lipinski definition) is 3. The van der Waals surface area contributed by atoms with Crippen LogP contribution in [-0.2, 0) is 9.13 Å². The fourth-order valence-corrected chi connectivity index (χ4v) is 1.25. The molecule has 0 bridgehead atoms. The summed E-state index contributed by atoms with van der Waals surface area (Å²) in [6, 6.07) is 0. The lowest BCUT2D eigenvalue weighted by Crippen LogP contribution is -1.83. The standard InChI is InChI=1S/C10H22O.2HO3P/c1-2-3-4-5-6-7-8-9-10-11;2*1-4(2)3/h11H,2-10H2,1H3;2*(H-,1,2,3)/p+2. The van der Waals surface area contributed by atoms with Gasteiger partial charge in [-0.3, -0.25) is 0 Å². The highest BCUT2D eigenvalue weighted by atomic mass is 31.1. The predicted molar refractivity (Wildman–Crippen MR) is 73.8 cm³/mol. The minimum atomic E-state index is -2.87. The summed E-state index contributed by atoms with van der Waals surface area (Å²) in [4.78, 5) is 28.5. The van der Waals surface area contributed by atoms with Crippen molar-refractivity contribution in [3.05, 3.63) is 0 Å². The van der Waals surface area contributed by atoms with Gasteiger partial charge in [-0.2, -0.15) is 0 Å². The second kappa shape index (κ2) is 23.1. The molecule has 9 heteroatoms. The van der Waals surface area contributed by atoms with E-state index >= 15 is 0 Å². The van der Waals surface area contributed by atoms with Crippen LogP contribution < -0.4 is 0 Å². The molecule has 0 aromatic rings. The average molecular weight is 320 g/mol. The summed E-state index contributed by atoms with van der Waals surface area (Å²) in [6.45, 7) is 2.61. The molecule has 0 rings (SSSR count). The van der Waals surface area contributed by atoms with Gasteiger partial charge in [0.25, 0.3) is 0 Å². The van der Waals surface area contributed by atoms with E-state index in [0.29, 0.717) is 6.61 Å². The Bertz CT molecular complexity index is 174. The highest BCUT2D eigenvalue weighted by molar-refractivity contribution is 7.31. The first-order chi connectivity index (χ1) is 8.88. The Morgan fingerprint density at radius 3 is 1.21 bits per heavy atom. The Balaban J connectivity index is -0.000000264. The minimum absolute atomic E-state index is 0.370. The summed E-state index contributed by atoms with van der Waals surface area (Å²) in [5, 5.41) is 8.51. The third-order valence-electron chi connectivity index (χ3n) is 2.01. The van der Waals surface area contributed by atoms with E-state index in [0.717, 1.165) is 6.42 Å². The molecule has 5 N–H and O–H groups in total. The smallest absolute Gasteiger partial charge is 0.396 e. The predicted octanol–water partition coefficient (Wildman–Crippen LogP) is 2.38. The number of aliphatic hydroxyl groups is 1. The topological polar surface area (TPSA) is 135 Å².